The highest BCUT2D eigenvalue weighted by Gasteiger charge is 2.39. The first-order chi connectivity index (χ1) is 9.88. The van der Waals surface area contributed by atoms with E-state index in [-0.39, 0.29) is 17.9 Å². The first kappa shape index (κ1) is 15.7. The van der Waals surface area contributed by atoms with Gasteiger partial charge in [0.1, 0.15) is 12.4 Å². The van der Waals surface area contributed by atoms with E-state index in [1.807, 2.05) is 0 Å². The molecule has 0 radical (unpaired) electrons. The maximum Gasteiger partial charge on any atom is 0.418 e. The van der Waals surface area contributed by atoms with Gasteiger partial charge in [-0.25, -0.2) is 0 Å². The molecule has 0 saturated heterocycles. The Kier molecular flexibility index (Phi) is 4.75. The summed E-state index contributed by atoms with van der Waals surface area (Å²) in [5.74, 6) is 0.232. The Morgan fingerprint density at radius 2 is 1.81 bits per heavy atom. The lowest BCUT2D eigenvalue weighted by atomic mass is 10.1. The van der Waals surface area contributed by atoms with Crippen LogP contribution in [0.4, 0.5) is 13.2 Å². The van der Waals surface area contributed by atoms with Crippen molar-refractivity contribution in [2.75, 3.05) is 0 Å². The van der Waals surface area contributed by atoms with E-state index >= 15 is 0 Å². The van der Waals surface area contributed by atoms with E-state index in [0.717, 1.165) is 11.6 Å². The maximum absolute atomic E-state index is 12.5. The first-order valence-corrected chi connectivity index (χ1v) is 6.46. The lowest BCUT2D eigenvalue weighted by Gasteiger charge is -2.16. The summed E-state index contributed by atoms with van der Waals surface area (Å²) in [6.45, 7) is 0.130. The van der Waals surface area contributed by atoms with Gasteiger partial charge in [0, 0.05) is 10.6 Å². The Bertz CT molecular complexity index is 614. The van der Waals surface area contributed by atoms with Crippen molar-refractivity contribution >= 4 is 11.6 Å². The molecule has 0 bridgehead atoms. The highest BCUT2D eigenvalue weighted by atomic mass is 35.5. The largest absolute Gasteiger partial charge is 0.489 e. The predicted molar refractivity (Wildman–Crippen MR) is 73.2 cm³/mol. The van der Waals surface area contributed by atoms with Crippen molar-refractivity contribution in [3.8, 4) is 5.75 Å². The van der Waals surface area contributed by atoms with Crippen LogP contribution in [0.1, 0.15) is 17.2 Å². The summed E-state index contributed by atoms with van der Waals surface area (Å²) in [4.78, 5) is 0. The van der Waals surface area contributed by atoms with Gasteiger partial charge in [0.15, 0.2) is 6.10 Å². The van der Waals surface area contributed by atoms with E-state index in [4.69, 9.17) is 16.3 Å². The van der Waals surface area contributed by atoms with Crippen LogP contribution < -0.4 is 4.74 Å². The minimum Gasteiger partial charge on any atom is -0.489 e. The van der Waals surface area contributed by atoms with Crippen LogP contribution in [-0.2, 0) is 6.61 Å². The van der Waals surface area contributed by atoms with Crippen LogP contribution in [0.25, 0.3) is 0 Å². The minimum absolute atomic E-state index is 0.130. The Hall–Kier alpha value is -1.72. The highest BCUT2D eigenvalue weighted by Crippen LogP contribution is 2.33. The molecule has 0 amide bonds. The van der Waals surface area contributed by atoms with Gasteiger partial charge in [-0.15, -0.1) is 0 Å². The molecule has 1 atom stereocenters. The lowest BCUT2D eigenvalue weighted by Crippen LogP contribution is -2.20. The molecule has 2 aromatic rings. The summed E-state index contributed by atoms with van der Waals surface area (Å²) in [6, 6.07) is 12.3. The zero-order valence-electron chi connectivity index (χ0n) is 10.8. The fraction of sp³-hybridized carbons (Fsp3) is 0.200. The van der Waals surface area contributed by atoms with Crippen LogP contribution in [0.3, 0.4) is 0 Å². The van der Waals surface area contributed by atoms with E-state index in [1.54, 1.807) is 24.3 Å². The Balaban J connectivity index is 2.10. The standard InChI is InChI=1S/C15H12ClF3O2/c16-13-7-2-1-4-11(13)9-21-12-6-3-5-10(8-12)14(20)15(17,18)19/h1-8,14,20H,9H2. The number of halogens is 4. The highest BCUT2D eigenvalue weighted by molar-refractivity contribution is 6.31. The Morgan fingerprint density at radius 1 is 1.10 bits per heavy atom. The molecule has 0 aliphatic rings. The molecular formula is C15H12ClF3O2. The van der Waals surface area contributed by atoms with Crippen LogP contribution in [0, 0.1) is 0 Å². The van der Waals surface area contributed by atoms with E-state index in [1.165, 1.54) is 18.2 Å². The van der Waals surface area contributed by atoms with Crippen molar-refractivity contribution < 1.29 is 23.0 Å². The zero-order valence-corrected chi connectivity index (χ0v) is 11.5. The average Bonchev–Trinajstić information content (AvgIpc) is 2.45. The summed E-state index contributed by atoms with van der Waals surface area (Å²) in [5.41, 5.74) is 0.458. The van der Waals surface area contributed by atoms with Crippen molar-refractivity contribution in [1.82, 2.24) is 0 Å². The van der Waals surface area contributed by atoms with Gasteiger partial charge in [-0.2, -0.15) is 13.2 Å². The molecule has 2 rings (SSSR count). The molecule has 2 aromatic carbocycles. The minimum atomic E-state index is -4.71. The molecule has 6 heteroatoms. The van der Waals surface area contributed by atoms with E-state index in [9.17, 15) is 18.3 Å². The van der Waals surface area contributed by atoms with Crippen LogP contribution in [-0.4, -0.2) is 11.3 Å². The van der Waals surface area contributed by atoms with Gasteiger partial charge in [-0.1, -0.05) is 41.9 Å². The molecule has 0 aliphatic heterocycles. The normalized spacial score (nSPS) is 13.0. The van der Waals surface area contributed by atoms with Crippen molar-refractivity contribution in [1.29, 1.82) is 0 Å². The van der Waals surface area contributed by atoms with Crippen LogP contribution in [0.5, 0.6) is 5.75 Å². The summed E-state index contributed by atoms with van der Waals surface area (Å²) in [5, 5.41) is 9.73. The Morgan fingerprint density at radius 3 is 2.48 bits per heavy atom. The van der Waals surface area contributed by atoms with Crippen LogP contribution in [0.2, 0.25) is 5.02 Å². The lowest BCUT2D eigenvalue weighted by molar-refractivity contribution is -0.206. The van der Waals surface area contributed by atoms with E-state index < -0.39 is 12.3 Å². The van der Waals surface area contributed by atoms with Gasteiger partial charge in [-0.05, 0) is 23.8 Å². The van der Waals surface area contributed by atoms with Crippen molar-refractivity contribution in [3.05, 3.63) is 64.7 Å². The molecule has 2 nitrogen and oxygen atoms in total. The third kappa shape index (κ3) is 4.12. The number of rotatable bonds is 4. The smallest absolute Gasteiger partial charge is 0.418 e. The molecule has 112 valence electrons. The third-order valence-corrected chi connectivity index (χ3v) is 3.20. The monoisotopic (exact) mass is 316 g/mol. The van der Waals surface area contributed by atoms with E-state index in [2.05, 4.69) is 0 Å². The van der Waals surface area contributed by atoms with Gasteiger partial charge in [0.2, 0.25) is 0 Å². The number of aliphatic hydroxyl groups excluding tert-OH is 1. The number of benzene rings is 2. The number of aliphatic hydroxyl groups is 1. The zero-order chi connectivity index (χ0) is 15.5. The SMILES string of the molecule is OC(c1cccc(OCc2ccccc2Cl)c1)C(F)(F)F. The number of hydrogen-bond donors (Lipinski definition) is 1. The summed E-state index contributed by atoms with van der Waals surface area (Å²) in [7, 11) is 0. The quantitative estimate of drug-likeness (QED) is 0.899. The predicted octanol–water partition coefficient (Wildman–Crippen LogP) is 4.51. The van der Waals surface area contributed by atoms with Crippen LogP contribution >= 0.6 is 11.6 Å². The topological polar surface area (TPSA) is 29.5 Å². The molecule has 0 fully saturated rings. The second-order valence-electron chi connectivity index (χ2n) is 4.40. The summed E-state index contributed by atoms with van der Waals surface area (Å²) < 4.78 is 42.8. The molecule has 1 N–H and O–H groups in total. The molecule has 0 aliphatic carbocycles. The van der Waals surface area contributed by atoms with Crippen molar-refractivity contribution in [2.45, 2.75) is 18.9 Å². The van der Waals surface area contributed by atoms with Gasteiger partial charge < -0.3 is 9.84 Å². The van der Waals surface area contributed by atoms with Gasteiger partial charge >= 0.3 is 6.18 Å². The molecule has 21 heavy (non-hydrogen) atoms. The van der Waals surface area contributed by atoms with Gasteiger partial charge in [-0.3, -0.25) is 0 Å². The molecule has 0 saturated carbocycles. The van der Waals surface area contributed by atoms with Crippen molar-refractivity contribution in [2.24, 2.45) is 0 Å². The van der Waals surface area contributed by atoms with Gasteiger partial charge in [0.25, 0.3) is 0 Å². The number of alkyl halides is 3. The van der Waals surface area contributed by atoms with Crippen molar-refractivity contribution in [3.63, 3.8) is 0 Å². The average molecular weight is 317 g/mol. The molecular weight excluding hydrogens is 305 g/mol. The molecule has 0 aromatic heterocycles. The fourth-order valence-electron chi connectivity index (χ4n) is 1.74. The molecule has 1 unspecified atom stereocenters. The first-order valence-electron chi connectivity index (χ1n) is 6.09. The number of hydrogen-bond acceptors (Lipinski definition) is 2. The third-order valence-electron chi connectivity index (χ3n) is 2.84. The second-order valence-corrected chi connectivity index (χ2v) is 4.80. The van der Waals surface area contributed by atoms with Crippen LogP contribution in [0.15, 0.2) is 48.5 Å². The molecule has 0 spiro atoms. The second kappa shape index (κ2) is 6.37. The van der Waals surface area contributed by atoms with Gasteiger partial charge in [0.05, 0.1) is 0 Å². The fourth-order valence-corrected chi connectivity index (χ4v) is 1.93. The number of ether oxygens (including phenoxy) is 1. The Labute approximate surface area is 124 Å². The van der Waals surface area contributed by atoms with E-state index in [0.29, 0.717) is 5.02 Å². The summed E-state index contributed by atoms with van der Waals surface area (Å²) in [6.07, 6.45) is -7.23. The maximum atomic E-state index is 12.5. The molecule has 0 heterocycles. The summed E-state index contributed by atoms with van der Waals surface area (Å²) >= 11 is 5.96.